The zero-order valence-electron chi connectivity index (χ0n) is 9.19. The standard InChI is InChI=1S/C10H13N5S/c1-6-8(16-5-13-6)4-12-10-3-9(11)14-7(2)15-10/h3,5H,4H2,1-2H3,(H3,11,12,14,15). The summed E-state index contributed by atoms with van der Waals surface area (Å²) in [6.07, 6.45) is 0. The highest BCUT2D eigenvalue weighted by Crippen LogP contribution is 2.15. The van der Waals surface area contributed by atoms with Gasteiger partial charge in [0.2, 0.25) is 0 Å². The molecule has 0 amide bonds. The molecule has 2 aromatic rings. The summed E-state index contributed by atoms with van der Waals surface area (Å²) in [5.74, 6) is 1.90. The van der Waals surface area contributed by atoms with E-state index in [0.29, 0.717) is 18.2 Å². The largest absolute Gasteiger partial charge is 0.384 e. The molecule has 2 heterocycles. The second-order valence-electron chi connectivity index (χ2n) is 3.44. The van der Waals surface area contributed by atoms with E-state index in [4.69, 9.17) is 5.73 Å². The highest BCUT2D eigenvalue weighted by Gasteiger charge is 2.03. The van der Waals surface area contributed by atoms with E-state index in [1.54, 1.807) is 17.4 Å². The minimum Gasteiger partial charge on any atom is -0.384 e. The number of aromatic nitrogens is 3. The zero-order chi connectivity index (χ0) is 11.5. The summed E-state index contributed by atoms with van der Waals surface area (Å²) in [4.78, 5) is 13.6. The van der Waals surface area contributed by atoms with Crippen molar-refractivity contribution in [2.24, 2.45) is 0 Å². The van der Waals surface area contributed by atoms with E-state index >= 15 is 0 Å². The van der Waals surface area contributed by atoms with Gasteiger partial charge in [0, 0.05) is 10.9 Å². The van der Waals surface area contributed by atoms with E-state index in [-0.39, 0.29) is 0 Å². The number of nitrogens with zero attached hydrogens (tertiary/aromatic N) is 3. The lowest BCUT2D eigenvalue weighted by Gasteiger charge is -2.05. The van der Waals surface area contributed by atoms with Crippen molar-refractivity contribution in [3.05, 3.63) is 28.0 Å². The summed E-state index contributed by atoms with van der Waals surface area (Å²) in [6.45, 7) is 4.53. The van der Waals surface area contributed by atoms with Crippen molar-refractivity contribution >= 4 is 23.0 Å². The van der Waals surface area contributed by atoms with E-state index in [0.717, 1.165) is 11.5 Å². The molecule has 0 aliphatic rings. The first kappa shape index (κ1) is 10.8. The Morgan fingerprint density at radius 1 is 1.38 bits per heavy atom. The van der Waals surface area contributed by atoms with Crippen LogP contribution >= 0.6 is 11.3 Å². The SMILES string of the molecule is Cc1nc(N)cc(NCc2scnc2C)n1. The summed E-state index contributed by atoms with van der Waals surface area (Å²) in [5, 5.41) is 3.21. The number of hydrogen-bond donors (Lipinski definition) is 2. The maximum absolute atomic E-state index is 5.64. The van der Waals surface area contributed by atoms with Crippen LogP contribution in [0.2, 0.25) is 0 Å². The second-order valence-corrected chi connectivity index (χ2v) is 4.38. The first-order valence-electron chi connectivity index (χ1n) is 4.89. The topological polar surface area (TPSA) is 76.7 Å². The van der Waals surface area contributed by atoms with Crippen LogP contribution in [0.1, 0.15) is 16.4 Å². The molecule has 0 spiro atoms. The summed E-state index contributed by atoms with van der Waals surface area (Å²) in [5.41, 5.74) is 8.53. The monoisotopic (exact) mass is 235 g/mol. The van der Waals surface area contributed by atoms with Gasteiger partial charge in [0.15, 0.2) is 0 Å². The molecule has 16 heavy (non-hydrogen) atoms. The van der Waals surface area contributed by atoms with Crippen LogP contribution < -0.4 is 11.1 Å². The first-order chi connectivity index (χ1) is 7.65. The van der Waals surface area contributed by atoms with Gasteiger partial charge in [-0.15, -0.1) is 11.3 Å². The molecule has 0 saturated carbocycles. The third-order valence-corrected chi connectivity index (χ3v) is 3.07. The average Bonchev–Trinajstić information content (AvgIpc) is 2.59. The Bertz CT molecular complexity index is 473. The fourth-order valence-electron chi connectivity index (χ4n) is 1.35. The summed E-state index contributed by atoms with van der Waals surface area (Å²) < 4.78 is 0. The average molecular weight is 235 g/mol. The van der Waals surface area contributed by atoms with Crippen LogP contribution in [-0.4, -0.2) is 15.0 Å². The minimum atomic E-state index is 0.482. The molecule has 0 aromatic carbocycles. The van der Waals surface area contributed by atoms with Gasteiger partial charge >= 0.3 is 0 Å². The maximum Gasteiger partial charge on any atom is 0.132 e. The van der Waals surface area contributed by atoms with Crippen molar-refractivity contribution < 1.29 is 0 Å². The molecular weight excluding hydrogens is 222 g/mol. The van der Waals surface area contributed by atoms with E-state index in [1.807, 2.05) is 19.4 Å². The highest BCUT2D eigenvalue weighted by molar-refractivity contribution is 7.09. The van der Waals surface area contributed by atoms with Crippen LogP contribution in [0.25, 0.3) is 0 Å². The molecule has 0 aliphatic carbocycles. The van der Waals surface area contributed by atoms with Crippen molar-refractivity contribution in [2.45, 2.75) is 20.4 Å². The minimum absolute atomic E-state index is 0.482. The number of nitrogen functional groups attached to an aromatic ring is 1. The molecule has 3 N–H and O–H groups in total. The van der Waals surface area contributed by atoms with Crippen LogP contribution in [0, 0.1) is 13.8 Å². The molecule has 0 bridgehead atoms. The lowest BCUT2D eigenvalue weighted by atomic mass is 10.4. The van der Waals surface area contributed by atoms with Gasteiger partial charge < -0.3 is 11.1 Å². The quantitative estimate of drug-likeness (QED) is 0.847. The van der Waals surface area contributed by atoms with Crippen LogP contribution in [0.5, 0.6) is 0 Å². The Morgan fingerprint density at radius 2 is 2.19 bits per heavy atom. The van der Waals surface area contributed by atoms with Gasteiger partial charge in [-0.1, -0.05) is 0 Å². The number of rotatable bonds is 3. The van der Waals surface area contributed by atoms with Gasteiger partial charge in [0.05, 0.1) is 17.7 Å². The predicted molar refractivity (Wildman–Crippen MR) is 65.4 cm³/mol. The molecule has 5 nitrogen and oxygen atoms in total. The Hall–Kier alpha value is -1.69. The lowest BCUT2D eigenvalue weighted by molar-refractivity contribution is 1.03. The van der Waals surface area contributed by atoms with Crippen LogP contribution in [0.4, 0.5) is 11.6 Å². The van der Waals surface area contributed by atoms with E-state index < -0.39 is 0 Å². The van der Waals surface area contributed by atoms with Crippen molar-refractivity contribution in [3.8, 4) is 0 Å². The Labute approximate surface area is 97.8 Å². The Morgan fingerprint density at radius 3 is 2.81 bits per heavy atom. The van der Waals surface area contributed by atoms with Crippen molar-refractivity contribution in [3.63, 3.8) is 0 Å². The van der Waals surface area contributed by atoms with Crippen molar-refractivity contribution in [2.75, 3.05) is 11.1 Å². The van der Waals surface area contributed by atoms with Crippen molar-refractivity contribution in [1.29, 1.82) is 0 Å². The van der Waals surface area contributed by atoms with E-state index in [9.17, 15) is 0 Å². The van der Waals surface area contributed by atoms with Gasteiger partial charge in [-0.25, -0.2) is 15.0 Å². The molecule has 0 unspecified atom stereocenters. The molecule has 0 radical (unpaired) electrons. The maximum atomic E-state index is 5.64. The van der Waals surface area contributed by atoms with Crippen molar-refractivity contribution in [1.82, 2.24) is 15.0 Å². The molecule has 0 atom stereocenters. The molecule has 2 rings (SSSR count). The molecule has 0 aliphatic heterocycles. The van der Waals surface area contributed by atoms with Crippen LogP contribution in [0.15, 0.2) is 11.6 Å². The number of anilines is 2. The van der Waals surface area contributed by atoms with Gasteiger partial charge in [-0.05, 0) is 13.8 Å². The number of thiazole rings is 1. The second kappa shape index (κ2) is 4.44. The molecule has 84 valence electrons. The van der Waals surface area contributed by atoms with Crippen LogP contribution in [0.3, 0.4) is 0 Å². The molecule has 0 saturated heterocycles. The molecule has 6 heteroatoms. The molecular formula is C10H13N5S. The van der Waals surface area contributed by atoms with E-state index in [2.05, 4.69) is 20.3 Å². The summed E-state index contributed by atoms with van der Waals surface area (Å²) >= 11 is 1.63. The third kappa shape index (κ3) is 2.46. The molecule has 2 aromatic heterocycles. The van der Waals surface area contributed by atoms with Gasteiger partial charge in [-0.2, -0.15) is 0 Å². The summed E-state index contributed by atoms with van der Waals surface area (Å²) in [7, 11) is 0. The predicted octanol–water partition coefficient (Wildman–Crippen LogP) is 1.74. The fourth-order valence-corrected chi connectivity index (χ4v) is 2.06. The van der Waals surface area contributed by atoms with Crippen LogP contribution in [-0.2, 0) is 6.54 Å². The summed E-state index contributed by atoms with van der Waals surface area (Å²) in [6, 6.07) is 1.73. The number of nitrogens with two attached hydrogens (primary N) is 1. The highest BCUT2D eigenvalue weighted by atomic mass is 32.1. The van der Waals surface area contributed by atoms with E-state index in [1.165, 1.54) is 4.88 Å². The van der Waals surface area contributed by atoms with Gasteiger partial charge in [0.1, 0.15) is 17.5 Å². The first-order valence-corrected chi connectivity index (χ1v) is 5.77. The zero-order valence-corrected chi connectivity index (χ0v) is 10.0. The normalized spacial score (nSPS) is 10.4. The Kier molecular flexibility index (Phi) is 3.00. The van der Waals surface area contributed by atoms with Gasteiger partial charge in [0.25, 0.3) is 0 Å². The number of aryl methyl sites for hydroxylation is 2. The third-order valence-electron chi connectivity index (χ3n) is 2.13. The lowest BCUT2D eigenvalue weighted by Crippen LogP contribution is -2.04. The number of nitrogens with one attached hydrogen (secondary N) is 1. The molecule has 0 fully saturated rings. The van der Waals surface area contributed by atoms with Gasteiger partial charge in [-0.3, -0.25) is 0 Å². The fraction of sp³-hybridized carbons (Fsp3) is 0.300. The smallest absolute Gasteiger partial charge is 0.132 e. The number of hydrogen-bond acceptors (Lipinski definition) is 6. The Balaban J connectivity index is 2.07.